The Bertz CT molecular complexity index is 1050. The third kappa shape index (κ3) is 13.5. The van der Waals surface area contributed by atoms with Crippen LogP contribution in [-0.4, -0.2) is 10.8 Å². The van der Waals surface area contributed by atoms with E-state index in [1.54, 1.807) is 12.4 Å². The number of aromatic nitrogens is 1. The molecule has 0 saturated heterocycles. The van der Waals surface area contributed by atoms with Crippen LogP contribution < -0.4 is 5.73 Å². The Morgan fingerprint density at radius 3 is 2.22 bits per heavy atom. The maximum atomic E-state index is 9.44. The average molecular weight is 526 g/mol. The molecule has 4 nitrogen and oxygen atoms in total. The van der Waals surface area contributed by atoms with Crippen molar-refractivity contribution < 1.29 is 4.79 Å². The molecule has 0 radical (unpaired) electrons. The lowest BCUT2D eigenvalue weighted by Gasteiger charge is -2.15. The molecule has 0 fully saturated rings. The van der Waals surface area contributed by atoms with Crippen LogP contribution in [0.1, 0.15) is 115 Å². The van der Waals surface area contributed by atoms with Crippen LogP contribution >= 0.6 is 11.6 Å². The lowest BCUT2D eigenvalue weighted by molar-refractivity contribution is -0.114. The highest BCUT2D eigenvalue weighted by Gasteiger charge is 2.15. The van der Waals surface area contributed by atoms with Crippen molar-refractivity contribution in [2.75, 3.05) is 5.73 Å². The number of halogens is 1. The Balaban J connectivity index is 0.000000770. The third-order valence-corrected chi connectivity index (χ3v) is 6.16. The monoisotopic (exact) mass is 525 g/mol. The van der Waals surface area contributed by atoms with Crippen molar-refractivity contribution in [3.8, 4) is 6.07 Å². The number of hydrogen-bond donors (Lipinski definition) is 1. The molecule has 0 amide bonds. The highest BCUT2D eigenvalue weighted by atomic mass is 35.5. The van der Waals surface area contributed by atoms with Crippen LogP contribution in [0, 0.1) is 37.0 Å². The number of pyridine rings is 1. The summed E-state index contributed by atoms with van der Waals surface area (Å²) >= 11 is 6.40. The first-order valence-corrected chi connectivity index (χ1v) is 13.8. The summed E-state index contributed by atoms with van der Waals surface area (Å²) in [5.41, 5.74) is 11.9. The molecule has 0 aliphatic carbocycles. The lowest BCUT2D eigenvalue weighted by Crippen LogP contribution is -1.99. The number of unbranched alkanes of at least 4 members (excludes halogenated alkanes) is 2. The fourth-order valence-corrected chi connectivity index (χ4v) is 4.24. The fourth-order valence-electron chi connectivity index (χ4n) is 4.04. The van der Waals surface area contributed by atoms with E-state index in [1.807, 2.05) is 26.0 Å². The minimum atomic E-state index is 0.167. The maximum Gasteiger partial charge on any atom is 0.126 e. The summed E-state index contributed by atoms with van der Waals surface area (Å²) in [6.07, 6.45) is 12.9. The van der Waals surface area contributed by atoms with Crippen LogP contribution in [0.15, 0.2) is 30.6 Å². The van der Waals surface area contributed by atoms with Gasteiger partial charge in [0.2, 0.25) is 0 Å². The minimum Gasteiger partial charge on any atom is -0.396 e. The summed E-state index contributed by atoms with van der Waals surface area (Å²) in [4.78, 5) is 13.6. The van der Waals surface area contributed by atoms with Gasteiger partial charge in [-0.1, -0.05) is 84.0 Å². The van der Waals surface area contributed by atoms with E-state index < -0.39 is 0 Å². The molecule has 37 heavy (non-hydrogen) atoms. The molecule has 0 spiro atoms. The van der Waals surface area contributed by atoms with Crippen LogP contribution in [0.4, 0.5) is 5.69 Å². The first-order chi connectivity index (χ1) is 17.4. The summed E-state index contributed by atoms with van der Waals surface area (Å²) in [6, 6.07) is 6.20. The standard InChI is InChI=1S/C19H20ClN3.C10H22.C3H6O/c1-4-5-6-15(17-10-23-11-18(22)19(17)20)16-8-14(9-21)12(2)7-13(16)3;1-5-6-7-10(4)8-9(2)3;1-3(2)4/h6-8,10-11H,4-5,22H2,1-3H3;9-10H,5-8H2,1-4H3;1-2H3/b15-6+;;. The SMILES string of the molecule is CC(C)=O.CCC/C=C(\c1cc(C#N)c(C)cc1C)c1cncc(N)c1Cl.CCCCC(C)CC(C)C. The van der Waals surface area contributed by atoms with Gasteiger partial charge < -0.3 is 10.5 Å². The second kappa shape index (κ2) is 18.6. The van der Waals surface area contributed by atoms with E-state index in [4.69, 9.17) is 17.3 Å². The number of nitriles is 1. The molecule has 1 unspecified atom stereocenters. The highest BCUT2D eigenvalue weighted by Crippen LogP contribution is 2.35. The van der Waals surface area contributed by atoms with Crippen molar-refractivity contribution in [1.29, 1.82) is 5.26 Å². The number of carbonyl (C=O) groups is 1. The molecule has 0 saturated carbocycles. The molecule has 2 N–H and O–H groups in total. The van der Waals surface area contributed by atoms with Crippen LogP contribution in [0.25, 0.3) is 5.57 Å². The van der Waals surface area contributed by atoms with Gasteiger partial charge in [0.15, 0.2) is 0 Å². The van der Waals surface area contributed by atoms with Gasteiger partial charge in [-0.3, -0.25) is 4.98 Å². The number of carbonyl (C=O) groups excluding carboxylic acids is 1. The number of allylic oxidation sites excluding steroid dienone is 1. The number of ketones is 1. The van der Waals surface area contributed by atoms with Gasteiger partial charge in [0.1, 0.15) is 5.78 Å². The topological polar surface area (TPSA) is 79.8 Å². The van der Waals surface area contributed by atoms with Crippen LogP contribution in [0.3, 0.4) is 0 Å². The number of rotatable bonds is 9. The molecular formula is C32H48ClN3O. The summed E-state index contributed by atoms with van der Waals surface area (Å²) < 4.78 is 0. The number of anilines is 1. The Kier molecular flexibility index (Phi) is 17.3. The number of nitrogens with two attached hydrogens (primary N) is 1. The van der Waals surface area contributed by atoms with Gasteiger partial charge in [-0.25, -0.2) is 0 Å². The van der Waals surface area contributed by atoms with E-state index in [0.717, 1.165) is 52.5 Å². The van der Waals surface area contributed by atoms with Crippen molar-refractivity contribution >= 4 is 28.6 Å². The van der Waals surface area contributed by atoms with Gasteiger partial charge >= 0.3 is 0 Å². The zero-order chi connectivity index (χ0) is 28.5. The Morgan fingerprint density at radius 2 is 1.70 bits per heavy atom. The third-order valence-electron chi connectivity index (χ3n) is 5.74. The van der Waals surface area contributed by atoms with E-state index in [1.165, 1.54) is 39.5 Å². The summed E-state index contributed by atoms with van der Waals surface area (Å²) in [6.45, 7) is 18.4. The second-order valence-electron chi connectivity index (χ2n) is 10.4. The molecule has 204 valence electrons. The number of nitrogen functional groups attached to an aromatic ring is 1. The maximum absolute atomic E-state index is 9.44. The zero-order valence-electron chi connectivity index (χ0n) is 24.5. The van der Waals surface area contributed by atoms with Crippen molar-refractivity contribution in [1.82, 2.24) is 4.98 Å². The number of aryl methyl sites for hydroxylation is 2. The van der Waals surface area contributed by atoms with Gasteiger partial charge in [0.25, 0.3) is 0 Å². The van der Waals surface area contributed by atoms with Gasteiger partial charge in [0.05, 0.1) is 28.5 Å². The van der Waals surface area contributed by atoms with E-state index in [2.05, 4.69) is 51.7 Å². The lowest BCUT2D eigenvalue weighted by atomic mass is 9.91. The van der Waals surface area contributed by atoms with E-state index in [-0.39, 0.29) is 5.78 Å². The van der Waals surface area contributed by atoms with Gasteiger partial charge in [-0.15, -0.1) is 0 Å². The molecule has 1 aromatic heterocycles. The van der Waals surface area contributed by atoms with Gasteiger partial charge in [-0.2, -0.15) is 5.26 Å². The second-order valence-corrected chi connectivity index (χ2v) is 10.8. The Labute approximate surface area is 231 Å². The van der Waals surface area contributed by atoms with Crippen LogP contribution in [-0.2, 0) is 4.79 Å². The smallest absolute Gasteiger partial charge is 0.126 e. The molecule has 2 rings (SSSR count). The average Bonchev–Trinajstić information content (AvgIpc) is 2.81. The number of nitrogens with zero attached hydrogens (tertiary/aromatic N) is 2. The Morgan fingerprint density at radius 1 is 1.08 bits per heavy atom. The zero-order valence-corrected chi connectivity index (χ0v) is 25.3. The fraction of sp³-hybridized carbons (Fsp3) is 0.531. The molecule has 0 bridgehead atoms. The van der Waals surface area contributed by atoms with Crippen molar-refractivity contribution in [2.24, 2.45) is 11.8 Å². The normalized spacial score (nSPS) is 11.6. The molecular weight excluding hydrogens is 478 g/mol. The summed E-state index contributed by atoms with van der Waals surface area (Å²) in [5.74, 6) is 1.99. The predicted octanol–water partition coefficient (Wildman–Crippen LogP) is 9.49. The number of hydrogen-bond acceptors (Lipinski definition) is 4. The van der Waals surface area contributed by atoms with E-state index in [9.17, 15) is 10.1 Å². The van der Waals surface area contributed by atoms with Crippen molar-refractivity contribution in [2.45, 2.75) is 101 Å². The molecule has 5 heteroatoms. The molecule has 0 aliphatic heterocycles. The number of benzene rings is 1. The highest BCUT2D eigenvalue weighted by molar-refractivity contribution is 6.35. The van der Waals surface area contributed by atoms with Crippen LogP contribution in [0.2, 0.25) is 5.02 Å². The quantitative estimate of drug-likeness (QED) is 0.353. The van der Waals surface area contributed by atoms with Gasteiger partial charge in [-0.05, 0) is 80.7 Å². The molecule has 0 aliphatic rings. The largest absolute Gasteiger partial charge is 0.396 e. The van der Waals surface area contributed by atoms with E-state index in [0.29, 0.717) is 16.3 Å². The van der Waals surface area contributed by atoms with E-state index >= 15 is 0 Å². The Hall–Kier alpha value is -2.64. The summed E-state index contributed by atoms with van der Waals surface area (Å²) in [7, 11) is 0. The molecule has 1 aromatic carbocycles. The van der Waals surface area contributed by atoms with Gasteiger partial charge in [0, 0.05) is 11.8 Å². The summed E-state index contributed by atoms with van der Waals surface area (Å²) in [5, 5.41) is 9.83. The van der Waals surface area contributed by atoms with Crippen LogP contribution in [0.5, 0.6) is 0 Å². The minimum absolute atomic E-state index is 0.167. The first-order valence-electron chi connectivity index (χ1n) is 13.5. The molecule has 1 heterocycles. The molecule has 1 atom stereocenters. The first kappa shape index (κ1) is 34.4. The molecule has 2 aromatic rings. The number of Topliss-reactive ketones (excluding diaryl/α,β-unsaturated/α-hetero) is 1. The predicted molar refractivity (Wildman–Crippen MR) is 161 cm³/mol. The van der Waals surface area contributed by atoms with Crippen molar-refractivity contribution in [3.05, 3.63) is 63.4 Å². The van der Waals surface area contributed by atoms with Crippen molar-refractivity contribution in [3.63, 3.8) is 0 Å².